The molecule has 104 valence electrons. The maximum atomic E-state index is 5.79. The van der Waals surface area contributed by atoms with E-state index in [4.69, 9.17) is 9.26 Å². The Bertz CT molecular complexity index is 605. The van der Waals surface area contributed by atoms with E-state index < -0.39 is 0 Å². The lowest BCUT2D eigenvalue weighted by molar-refractivity contribution is 0.253. The molecule has 0 radical (unpaired) electrons. The summed E-state index contributed by atoms with van der Waals surface area (Å²) in [6.45, 7) is 1.65. The van der Waals surface area contributed by atoms with Gasteiger partial charge in [0.05, 0.1) is 18.6 Å². The normalized spacial score (nSPS) is 25.2. The second kappa shape index (κ2) is 4.90. The van der Waals surface area contributed by atoms with Crippen molar-refractivity contribution >= 4 is 0 Å². The lowest BCUT2D eigenvalue weighted by Gasteiger charge is -2.22. The van der Waals surface area contributed by atoms with Gasteiger partial charge in [0, 0.05) is 0 Å². The SMILES string of the molecule is c1ccc2c(c1)CC(c1noc([C@H]3CCCN3)n1)CO2. The largest absolute Gasteiger partial charge is 0.493 e. The third kappa shape index (κ3) is 2.08. The first-order valence-corrected chi connectivity index (χ1v) is 7.18. The van der Waals surface area contributed by atoms with Gasteiger partial charge in [-0.25, -0.2) is 0 Å². The number of benzene rings is 1. The third-order valence-corrected chi connectivity index (χ3v) is 4.06. The van der Waals surface area contributed by atoms with E-state index in [1.807, 2.05) is 18.2 Å². The zero-order chi connectivity index (χ0) is 13.4. The topological polar surface area (TPSA) is 60.2 Å². The van der Waals surface area contributed by atoms with Crippen LogP contribution in [0.2, 0.25) is 0 Å². The minimum absolute atomic E-state index is 0.184. The summed E-state index contributed by atoms with van der Waals surface area (Å²) in [6, 6.07) is 8.37. The van der Waals surface area contributed by atoms with Gasteiger partial charge in [0.15, 0.2) is 5.82 Å². The number of nitrogens with zero attached hydrogens (tertiary/aromatic N) is 2. The lowest BCUT2D eigenvalue weighted by atomic mass is 9.96. The molecule has 5 heteroatoms. The van der Waals surface area contributed by atoms with Crippen molar-refractivity contribution in [1.29, 1.82) is 0 Å². The zero-order valence-electron chi connectivity index (χ0n) is 11.2. The Hall–Kier alpha value is -1.88. The Kier molecular flexibility index (Phi) is 2.92. The highest BCUT2D eigenvalue weighted by Crippen LogP contribution is 2.31. The standard InChI is InChI=1S/C15H17N3O2/c1-2-6-13-10(4-1)8-11(9-19-13)14-17-15(20-18-14)12-5-3-7-16-12/h1-2,4,6,11-12,16H,3,5,7-9H2/t11?,12-/m1/s1. The van der Waals surface area contributed by atoms with Crippen LogP contribution in [0.3, 0.4) is 0 Å². The van der Waals surface area contributed by atoms with E-state index in [0.717, 1.165) is 36.9 Å². The predicted molar refractivity (Wildman–Crippen MR) is 72.7 cm³/mol. The molecular formula is C15H17N3O2. The molecule has 5 nitrogen and oxygen atoms in total. The second-order valence-corrected chi connectivity index (χ2v) is 5.46. The van der Waals surface area contributed by atoms with Gasteiger partial charge in [0.25, 0.3) is 0 Å². The van der Waals surface area contributed by atoms with Gasteiger partial charge in [-0.1, -0.05) is 23.4 Å². The molecule has 0 amide bonds. The minimum Gasteiger partial charge on any atom is -0.493 e. The fourth-order valence-electron chi connectivity index (χ4n) is 2.94. The van der Waals surface area contributed by atoms with Gasteiger partial charge in [-0.2, -0.15) is 4.98 Å². The highest BCUT2D eigenvalue weighted by molar-refractivity contribution is 5.36. The molecule has 0 saturated carbocycles. The van der Waals surface area contributed by atoms with Crippen molar-refractivity contribution in [3.8, 4) is 5.75 Å². The van der Waals surface area contributed by atoms with Gasteiger partial charge in [0.1, 0.15) is 5.75 Å². The van der Waals surface area contributed by atoms with E-state index in [1.54, 1.807) is 0 Å². The number of hydrogen-bond acceptors (Lipinski definition) is 5. The van der Waals surface area contributed by atoms with Gasteiger partial charge >= 0.3 is 0 Å². The molecule has 2 atom stereocenters. The average molecular weight is 271 g/mol. The van der Waals surface area contributed by atoms with E-state index in [0.29, 0.717) is 6.61 Å². The van der Waals surface area contributed by atoms with Crippen molar-refractivity contribution in [2.75, 3.05) is 13.2 Å². The van der Waals surface area contributed by atoms with Crippen molar-refractivity contribution in [3.63, 3.8) is 0 Å². The van der Waals surface area contributed by atoms with Crippen LogP contribution in [0.4, 0.5) is 0 Å². The van der Waals surface area contributed by atoms with Gasteiger partial charge in [0.2, 0.25) is 5.89 Å². The molecule has 2 aliphatic heterocycles. The monoisotopic (exact) mass is 271 g/mol. The van der Waals surface area contributed by atoms with Crippen molar-refractivity contribution in [3.05, 3.63) is 41.5 Å². The molecule has 1 N–H and O–H groups in total. The number of ether oxygens (including phenoxy) is 1. The van der Waals surface area contributed by atoms with Gasteiger partial charge in [-0.3, -0.25) is 0 Å². The van der Waals surface area contributed by atoms with Crippen LogP contribution in [0.5, 0.6) is 5.75 Å². The van der Waals surface area contributed by atoms with E-state index >= 15 is 0 Å². The fourth-order valence-corrected chi connectivity index (χ4v) is 2.94. The van der Waals surface area contributed by atoms with E-state index in [-0.39, 0.29) is 12.0 Å². The molecule has 0 aliphatic carbocycles. The van der Waals surface area contributed by atoms with Crippen LogP contribution >= 0.6 is 0 Å². The number of aromatic nitrogens is 2. The first kappa shape index (κ1) is 11.9. The molecule has 3 heterocycles. The summed E-state index contributed by atoms with van der Waals surface area (Å²) in [5, 5.41) is 7.53. The first-order chi connectivity index (χ1) is 9.90. The average Bonchev–Trinajstić information content (AvgIpc) is 3.17. The number of para-hydroxylation sites is 1. The second-order valence-electron chi connectivity index (χ2n) is 5.46. The predicted octanol–water partition coefficient (Wildman–Crippen LogP) is 2.21. The van der Waals surface area contributed by atoms with Gasteiger partial charge in [-0.05, 0) is 37.4 Å². The highest BCUT2D eigenvalue weighted by Gasteiger charge is 2.28. The molecule has 1 aromatic carbocycles. The Morgan fingerprint density at radius 1 is 1.25 bits per heavy atom. The highest BCUT2D eigenvalue weighted by atomic mass is 16.5. The van der Waals surface area contributed by atoms with E-state index in [1.165, 1.54) is 12.0 Å². The summed E-state index contributed by atoms with van der Waals surface area (Å²) in [5.41, 5.74) is 1.22. The maximum Gasteiger partial charge on any atom is 0.243 e. The summed E-state index contributed by atoms with van der Waals surface area (Å²) in [4.78, 5) is 4.57. The molecule has 4 rings (SSSR count). The number of nitrogens with one attached hydrogen (secondary N) is 1. The van der Waals surface area contributed by atoms with E-state index in [2.05, 4.69) is 21.5 Å². The quantitative estimate of drug-likeness (QED) is 0.907. The molecule has 2 aliphatic rings. The molecule has 20 heavy (non-hydrogen) atoms. The van der Waals surface area contributed by atoms with Crippen LogP contribution in [0.15, 0.2) is 28.8 Å². The van der Waals surface area contributed by atoms with Crippen LogP contribution in [0.1, 0.15) is 42.1 Å². The van der Waals surface area contributed by atoms with Crippen molar-refractivity contribution in [2.45, 2.75) is 31.2 Å². The molecule has 1 fully saturated rings. The maximum absolute atomic E-state index is 5.79. The van der Waals surface area contributed by atoms with Gasteiger partial charge < -0.3 is 14.6 Å². The van der Waals surface area contributed by atoms with Gasteiger partial charge in [-0.15, -0.1) is 0 Å². The molecule has 0 spiro atoms. The van der Waals surface area contributed by atoms with Crippen LogP contribution in [0, 0.1) is 0 Å². The Morgan fingerprint density at radius 2 is 2.20 bits per heavy atom. The Labute approximate surface area is 117 Å². The van der Waals surface area contributed by atoms with Crippen LogP contribution in [-0.2, 0) is 6.42 Å². The molecular weight excluding hydrogens is 254 g/mol. The Morgan fingerprint density at radius 3 is 3.10 bits per heavy atom. The number of rotatable bonds is 2. The van der Waals surface area contributed by atoms with Crippen LogP contribution in [-0.4, -0.2) is 23.3 Å². The van der Waals surface area contributed by atoms with Crippen molar-refractivity contribution < 1.29 is 9.26 Å². The molecule has 1 unspecified atom stereocenters. The first-order valence-electron chi connectivity index (χ1n) is 7.18. The molecule has 0 bridgehead atoms. The number of fused-ring (bicyclic) bond motifs is 1. The summed E-state index contributed by atoms with van der Waals surface area (Å²) >= 11 is 0. The fraction of sp³-hybridized carbons (Fsp3) is 0.467. The Balaban J connectivity index is 1.54. The summed E-state index contributed by atoms with van der Waals surface area (Å²) < 4.78 is 11.2. The lowest BCUT2D eigenvalue weighted by Crippen LogP contribution is -2.20. The minimum atomic E-state index is 0.184. The van der Waals surface area contributed by atoms with E-state index in [9.17, 15) is 0 Å². The summed E-state index contributed by atoms with van der Waals surface area (Å²) in [6.07, 6.45) is 3.15. The van der Waals surface area contributed by atoms with Crippen LogP contribution < -0.4 is 10.1 Å². The zero-order valence-corrected chi connectivity index (χ0v) is 11.2. The number of hydrogen-bond donors (Lipinski definition) is 1. The van der Waals surface area contributed by atoms with Crippen LogP contribution in [0.25, 0.3) is 0 Å². The summed E-state index contributed by atoms with van der Waals surface area (Å²) in [7, 11) is 0. The van der Waals surface area contributed by atoms with Crippen molar-refractivity contribution in [2.24, 2.45) is 0 Å². The molecule has 1 aromatic heterocycles. The smallest absolute Gasteiger partial charge is 0.243 e. The van der Waals surface area contributed by atoms with Crippen molar-refractivity contribution in [1.82, 2.24) is 15.5 Å². The molecule has 2 aromatic rings. The summed E-state index contributed by atoms with van der Waals surface area (Å²) in [5.74, 6) is 2.65. The molecule has 1 saturated heterocycles. The third-order valence-electron chi connectivity index (χ3n) is 4.06.